The Labute approximate surface area is 87.3 Å². The Morgan fingerprint density at radius 1 is 0.933 bits per heavy atom. The average Bonchev–Trinajstić information content (AvgIpc) is 2.56. The fourth-order valence-corrected chi connectivity index (χ4v) is 1.91. The number of benzene rings is 2. The molecule has 0 unspecified atom stereocenters. The highest BCUT2D eigenvalue weighted by atomic mass is 16.3. The highest BCUT2D eigenvalue weighted by Gasteiger charge is 2.06. The Morgan fingerprint density at radius 2 is 1.60 bits per heavy atom. The lowest BCUT2D eigenvalue weighted by Gasteiger charge is -1.93. The number of hydrogen-bond acceptors (Lipinski definition) is 2. The summed E-state index contributed by atoms with van der Waals surface area (Å²) in [6.07, 6.45) is 0. The second-order valence-corrected chi connectivity index (χ2v) is 3.86. The van der Waals surface area contributed by atoms with Gasteiger partial charge < -0.3 is 10.2 Å². The number of nitrogens with two attached hydrogens (primary N) is 1. The Bertz CT molecular complexity index is 596. The molecule has 0 bridgehead atoms. The Hall–Kier alpha value is -1.96. The minimum Gasteiger partial charge on any atom is -0.456 e. The summed E-state index contributed by atoms with van der Waals surface area (Å²) in [7, 11) is 0. The predicted octanol–water partition coefficient (Wildman–Crippen LogP) is 3.48. The molecule has 0 fully saturated rings. The highest BCUT2D eigenvalue weighted by molar-refractivity contribution is 6.06. The summed E-state index contributed by atoms with van der Waals surface area (Å²) in [6.45, 7) is 2.07. The van der Waals surface area contributed by atoms with Gasteiger partial charge in [0.05, 0.1) is 0 Å². The minimum atomic E-state index is 0.770. The average molecular weight is 197 g/mol. The van der Waals surface area contributed by atoms with E-state index in [4.69, 9.17) is 10.2 Å². The number of furan rings is 1. The van der Waals surface area contributed by atoms with Crippen molar-refractivity contribution in [2.45, 2.75) is 6.92 Å². The molecule has 0 spiro atoms. The molecule has 0 saturated heterocycles. The van der Waals surface area contributed by atoms with Crippen LogP contribution >= 0.6 is 0 Å². The molecule has 0 radical (unpaired) electrons. The molecule has 3 rings (SSSR count). The molecule has 74 valence electrons. The number of rotatable bonds is 0. The summed E-state index contributed by atoms with van der Waals surface area (Å²) in [6, 6.07) is 11.9. The van der Waals surface area contributed by atoms with Crippen molar-refractivity contribution in [3.8, 4) is 0 Å². The van der Waals surface area contributed by atoms with Crippen molar-refractivity contribution >= 4 is 27.6 Å². The summed E-state index contributed by atoms with van der Waals surface area (Å²) in [4.78, 5) is 0. The van der Waals surface area contributed by atoms with Gasteiger partial charge in [0.2, 0.25) is 0 Å². The third kappa shape index (κ3) is 1.18. The lowest BCUT2D eigenvalue weighted by atomic mass is 10.1. The van der Waals surface area contributed by atoms with Gasteiger partial charge in [-0.25, -0.2) is 0 Å². The van der Waals surface area contributed by atoms with Crippen molar-refractivity contribution in [1.82, 2.24) is 0 Å². The van der Waals surface area contributed by atoms with Crippen molar-refractivity contribution in [3.05, 3.63) is 42.0 Å². The van der Waals surface area contributed by atoms with Crippen LogP contribution in [0.2, 0.25) is 0 Å². The van der Waals surface area contributed by atoms with Gasteiger partial charge in [0.1, 0.15) is 11.2 Å². The SMILES string of the molecule is Cc1ccc2oc3ccc(N)cc3c2c1. The zero-order chi connectivity index (χ0) is 10.4. The third-order valence-electron chi connectivity index (χ3n) is 2.65. The van der Waals surface area contributed by atoms with Crippen molar-refractivity contribution in [3.63, 3.8) is 0 Å². The number of hydrogen-bond donors (Lipinski definition) is 1. The molecular formula is C13H11NO. The standard InChI is InChI=1S/C13H11NO/c1-8-2-4-12-10(6-8)11-7-9(14)3-5-13(11)15-12/h2-7H,14H2,1H3. The van der Waals surface area contributed by atoms with Crippen LogP contribution in [-0.2, 0) is 0 Å². The second kappa shape index (κ2) is 2.76. The maximum absolute atomic E-state index is 5.77. The summed E-state index contributed by atoms with van der Waals surface area (Å²) in [5.41, 5.74) is 9.58. The number of nitrogen functional groups attached to an aromatic ring is 1. The van der Waals surface area contributed by atoms with Gasteiger partial charge in [-0.2, -0.15) is 0 Å². The van der Waals surface area contributed by atoms with Gasteiger partial charge in [-0.1, -0.05) is 11.6 Å². The van der Waals surface area contributed by atoms with E-state index in [1.54, 1.807) is 0 Å². The van der Waals surface area contributed by atoms with Crippen molar-refractivity contribution < 1.29 is 4.42 Å². The van der Waals surface area contributed by atoms with Gasteiger partial charge in [0, 0.05) is 16.5 Å². The van der Waals surface area contributed by atoms with E-state index in [9.17, 15) is 0 Å². The first kappa shape index (κ1) is 8.36. The monoisotopic (exact) mass is 197 g/mol. The molecule has 15 heavy (non-hydrogen) atoms. The Morgan fingerprint density at radius 3 is 2.40 bits per heavy atom. The van der Waals surface area contributed by atoms with Crippen LogP contribution in [0, 0.1) is 6.92 Å². The normalized spacial score (nSPS) is 11.3. The third-order valence-corrected chi connectivity index (χ3v) is 2.65. The molecule has 0 aliphatic carbocycles. The van der Waals surface area contributed by atoms with Crippen molar-refractivity contribution in [2.75, 3.05) is 5.73 Å². The molecule has 2 aromatic carbocycles. The lowest BCUT2D eigenvalue weighted by Crippen LogP contribution is -1.81. The zero-order valence-electron chi connectivity index (χ0n) is 8.45. The second-order valence-electron chi connectivity index (χ2n) is 3.86. The first-order chi connectivity index (χ1) is 7.24. The molecular weight excluding hydrogens is 186 g/mol. The first-order valence-corrected chi connectivity index (χ1v) is 4.92. The van der Waals surface area contributed by atoms with Gasteiger partial charge in [-0.15, -0.1) is 0 Å². The van der Waals surface area contributed by atoms with Crippen LogP contribution in [0.3, 0.4) is 0 Å². The molecule has 0 saturated carbocycles. The van der Waals surface area contributed by atoms with Gasteiger partial charge in [0.15, 0.2) is 0 Å². The van der Waals surface area contributed by atoms with Gasteiger partial charge in [-0.3, -0.25) is 0 Å². The predicted molar refractivity (Wildman–Crippen MR) is 62.9 cm³/mol. The Kier molecular flexibility index (Phi) is 1.54. The van der Waals surface area contributed by atoms with Crippen LogP contribution in [0.4, 0.5) is 5.69 Å². The first-order valence-electron chi connectivity index (χ1n) is 4.92. The van der Waals surface area contributed by atoms with Gasteiger partial charge in [-0.05, 0) is 37.3 Å². The van der Waals surface area contributed by atoms with Crippen LogP contribution in [0.1, 0.15) is 5.56 Å². The Balaban J connectivity index is 2.55. The van der Waals surface area contributed by atoms with E-state index >= 15 is 0 Å². The number of aryl methyl sites for hydroxylation is 1. The summed E-state index contributed by atoms with van der Waals surface area (Å²) >= 11 is 0. The smallest absolute Gasteiger partial charge is 0.135 e. The highest BCUT2D eigenvalue weighted by Crippen LogP contribution is 2.30. The number of anilines is 1. The molecule has 2 nitrogen and oxygen atoms in total. The van der Waals surface area contributed by atoms with Crippen LogP contribution in [0.5, 0.6) is 0 Å². The molecule has 0 aliphatic rings. The van der Waals surface area contributed by atoms with Crippen molar-refractivity contribution in [2.24, 2.45) is 0 Å². The molecule has 3 aromatic rings. The summed E-state index contributed by atoms with van der Waals surface area (Å²) in [5.74, 6) is 0. The largest absolute Gasteiger partial charge is 0.456 e. The van der Waals surface area contributed by atoms with Gasteiger partial charge >= 0.3 is 0 Å². The van der Waals surface area contributed by atoms with E-state index in [2.05, 4.69) is 13.0 Å². The maximum Gasteiger partial charge on any atom is 0.135 e. The van der Waals surface area contributed by atoms with E-state index in [1.807, 2.05) is 30.3 Å². The molecule has 1 aromatic heterocycles. The van der Waals surface area contributed by atoms with Crippen LogP contribution < -0.4 is 5.73 Å². The molecule has 0 atom stereocenters. The summed E-state index contributed by atoms with van der Waals surface area (Å²) in [5, 5.41) is 2.23. The maximum atomic E-state index is 5.77. The number of fused-ring (bicyclic) bond motifs is 3. The topological polar surface area (TPSA) is 39.2 Å². The van der Waals surface area contributed by atoms with Crippen LogP contribution in [-0.4, -0.2) is 0 Å². The summed E-state index contributed by atoms with van der Waals surface area (Å²) < 4.78 is 5.71. The molecule has 0 amide bonds. The van der Waals surface area contributed by atoms with E-state index < -0.39 is 0 Å². The fourth-order valence-electron chi connectivity index (χ4n) is 1.91. The van der Waals surface area contributed by atoms with E-state index in [0.717, 1.165) is 27.6 Å². The minimum absolute atomic E-state index is 0.770. The molecule has 2 heteroatoms. The van der Waals surface area contributed by atoms with E-state index in [1.165, 1.54) is 5.56 Å². The zero-order valence-corrected chi connectivity index (χ0v) is 8.45. The van der Waals surface area contributed by atoms with E-state index in [-0.39, 0.29) is 0 Å². The van der Waals surface area contributed by atoms with Crippen LogP contribution in [0.25, 0.3) is 21.9 Å². The van der Waals surface area contributed by atoms with E-state index in [0.29, 0.717) is 0 Å². The lowest BCUT2D eigenvalue weighted by molar-refractivity contribution is 0.669. The van der Waals surface area contributed by atoms with Gasteiger partial charge in [0.25, 0.3) is 0 Å². The fraction of sp³-hybridized carbons (Fsp3) is 0.0769. The molecule has 0 aliphatic heterocycles. The van der Waals surface area contributed by atoms with Crippen molar-refractivity contribution in [1.29, 1.82) is 0 Å². The molecule has 1 heterocycles. The quantitative estimate of drug-likeness (QED) is 0.560. The van der Waals surface area contributed by atoms with Crippen LogP contribution in [0.15, 0.2) is 40.8 Å². The molecule has 2 N–H and O–H groups in total.